The first-order chi connectivity index (χ1) is 9.74. The van der Waals surface area contributed by atoms with Gasteiger partial charge in [-0.25, -0.2) is 9.50 Å². The summed E-state index contributed by atoms with van der Waals surface area (Å²) < 4.78 is 1.91. The third kappa shape index (κ3) is 2.70. The smallest absolute Gasteiger partial charge is 0.122 e. The van der Waals surface area contributed by atoms with Crippen molar-refractivity contribution in [2.45, 2.75) is 18.9 Å². The maximum atomic E-state index is 4.63. The molecular weight excluding hydrogens is 266 g/mol. The molecule has 0 fully saturated rings. The summed E-state index contributed by atoms with van der Waals surface area (Å²) in [7, 11) is 0. The van der Waals surface area contributed by atoms with Gasteiger partial charge in [-0.2, -0.15) is 5.10 Å². The molecule has 0 bridgehead atoms. The second-order valence-electron chi connectivity index (χ2n) is 5.16. The second-order valence-corrected chi connectivity index (χ2v) is 6.17. The van der Waals surface area contributed by atoms with Crippen LogP contribution in [0.4, 0.5) is 0 Å². The van der Waals surface area contributed by atoms with Crippen molar-refractivity contribution in [3.05, 3.63) is 48.8 Å². The van der Waals surface area contributed by atoms with E-state index in [9.17, 15) is 0 Å². The summed E-state index contributed by atoms with van der Waals surface area (Å²) >= 11 is 1.79. The monoisotopic (exact) mass is 283 g/mol. The Balaban J connectivity index is 2.00. The number of hydrogen-bond donors (Lipinski definition) is 0. The third-order valence-electron chi connectivity index (χ3n) is 2.98. The SMILES string of the molecule is CC(C)CSc1nccn2nc(-c3ccccc3)cc12. The summed E-state index contributed by atoms with van der Waals surface area (Å²) in [4.78, 5) is 4.49. The average Bonchev–Trinajstić information content (AvgIpc) is 2.90. The van der Waals surface area contributed by atoms with Crippen LogP contribution in [0, 0.1) is 5.92 Å². The molecule has 0 amide bonds. The summed E-state index contributed by atoms with van der Waals surface area (Å²) in [5.41, 5.74) is 3.21. The molecule has 1 aromatic carbocycles. The maximum Gasteiger partial charge on any atom is 0.122 e. The number of fused-ring (bicyclic) bond motifs is 1. The standard InChI is InChI=1S/C16H17N3S/c1-12(2)11-20-16-15-10-14(13-6-4-3-5-7-13)18-19(15)9-8-17-16/h3-10,12H,11H2,1-2H3. The number of thioether (sulfide) groups is 1. The van der Waals surface area contributed by atoms with Crippen LogP contribution in [0.5, 0.6) is 0 Å². The van der Waals surface area contributed by atoms with Gasteiger partial charge in [0.1, 0.15) is 5.03 Å². The van der Waals surface area contributed by atoms with E-state index in [2.05, 4.69) is 42.1 Å². The fourth-order valence-electron chi connectivity index (χ4n) is 2.00. The molecule has 102 valence electrons. The first kappa shape index (κ1) is 13.2. The normalized spacial score (nSPS) is 11.3. The van der Waals surface area contributed by atoms with Crippen molar-refractivity contribution >= 4 is 17.3 Å². The highest BCUT2D eigenvalue weighted by Gasteiger charge is 2.09. The van der Waals surface area contributed by atoms with Crippen molar-refractivity contribution in [1.29, 1.82) is 0 Å². The Kier molecular flexibility index (Phi) is 3.74. The summed E-state index contributed by atoms with van der Waals surface area (Å²) in [5, 5.41) is 5.69. The van der Waals surface area contributed by atoms with Gasteiger partial charge in [0, 0.05) is 23.7 Å². The number of rotatable bonds is 4. The van der Waals surface area contributed by atoms with Crippen LogP contribution in [0.2, 0.25) is 0 Å². The van der Waals surface area contributed by atoms with E-state index in [4.69, 9.17) is 0 Å². The van der Waals surface area contributed by atoms with E-state index in [0.717, 1.165) is 27.6 Å². The molecule has 2 aromatic heterocycles. The fraction of sp³-hybridized carbons (Fsp3) is 0.250. The minimum absolute atomic E-state index is 0.651. The van der Waals surface area contributed by atoms with Crippen molar-refractivity contribution in [2.75, 3.05) is 5.75 Å². The van der Waals surface area contributed by atoms with Gasteiger partial charge in [0.25, 0.3) is 0 Å². The lowest BCUT2D eigenvalue weighted by Crippen LogP contribution is -1.94. The molecule has 0 unspecified atom stereocenters. The van der Waals surface area contributed by atoms with E-state index in [-0.39, 0.29) is 0 Å². The Morgan fingerprint density at radius 2 is 2.00 bits per heavy atom. The lowest BCUT2D eigenvalue weighted by Gasteiger charge is -2.04. The van der Waals surface area contributed by atoms with E-state index in [1.807, 2.05) is 35.1 Å². The van der Waals surface area contributed by atoms with Gasteiger partial charge in [-0.15, -0.1) is 11.8 Å². The largest absolute Gasteiger partial charge is 0.246 e. The first-order valence-corrected chi connectivity index (χ1v) is 7.75. The number of aromatic nitrogens is 3. The molecule has 0 radical (unpaired) electrons. The minimum Gasteiger partial charge on any atom is -0.246 e. The molecule has 0 saturated carbocycles. The molecule has 3 rings (SSSR count). The van der Waals surface area contributed by atoms with Crippen LogP contribution < -0.4 is 0 Å². The number of nitrogens with zero attached hydrogens (tertiary/aromatic N) is 3. The van der Waals surface area contributed by atoms with Crippen molar-refractivity contribution in [1.82, 2.24) is 14.6 Å². The maximum absolute atomic E-state index is 4.63. The topological polar surface area (TPSA) is 30.2 Å². The van der Waals surface area contributed by atoms with Crippen LogP contribution in [0.15, 0.2) is 53.8 Å². The molecule has 0 saturated heterocycles. The predicted octanol–water partition coefficient (Wildman–Crippen LogP) is 4.14. The number of hydrogen-bond acceptors (Lipinski definition) is 3. The zero-order valence-electron chi connectivity index (χ0n) is 11.7. The molecule has 2 heterocycles. The number of benzene rings is 1. The zero-order chi connectivity index (χ0) is 13.9. The second kappa shape index (κ2) is 5.67. The molecule has 0 aliphatic rings. The quantitative estimate of drug-likeness (QED) is 0.674. The van der Waals surface area contributed by atoms with Crippen LogP contribution >= 0.6 is 11.8 Å². The van der Waals surface area contributed by atoms with Gasteiger partial charge in [-0.3, -0.25) is 0 Å². The van der Waals surface area contributed by atoms with Gasteiger partial charge in [-0.05, 0) is 12.0 Å². The molecule has 0 atom stereocenters. The van der Waals surface area contributed by atoms with Gasteiger partial charge in [-0.1, -0.05) is 44.2 Å². The van der Waals surface area contributed by atoms with Crippen LogP contribution in [0.1, 0.15) is 13.8 Å². The van der Waals surface area contributed by atoms with Crippen molar-refractivity contribution in [3.63, 3.8) is 0 Å². The molecule has 3 nitrogen and oxygen atoms in total. The average molecular weight is 283 g/mol. The van der Waals surface area contributed by atoms with Gasteiger partial charge in [0.2, 0.25) is 0 Å². The molecule has 0 N–H and O–H groups in total. The van der Waals surface area contributed by atoms with Crippen LogP contribution in [0.3, 0.4) is 0 Å². The molecule has 20 heavy (non-hydrogen) atoms. The van der Waals surface area contributed by atoms with Gasteiger partial charge < -0.3 is 0 Å². The summed E-state index contributed by atoms with van der Waals surface area (Å²) in [6.45, 7) is 4.44. The highest BCUT2D eigenvalue weighted by molar-refractivity contribution is 7.99. The van der Waals surface area contributed by atoms with Crippen LogP contribution in [0.25, 0.3) is 16.8 Å². The predicted molar refractivity (Wildman–Crippen MR) is 84.0 cm³/mol. The van der Waals surface area contributed by atoms with E-state index in [0.29, 0.717) is 5.92 Å². The van der Waals surface area contributed by atoms with Gasteiger partial charge >= 0.3 is 0 Å². The molecule has 3 aromatic rings. The lowest BCUT2D eigenvalue weighted by atomic mass is 10.1. The van der Waals surface area contributed by atoms with Gasteiger partial charge in [0.15, 0.2) is 0 Å². The summed E-state index contributed by atoms with van der Waals surface area (Å²) in [5.74, 6) is 1.72. The lowest BCUT2D eigenvalue weighted by molar-refractivity contribution is 0.749. The molecular formula is C16H17N3S. The van der Waals surface area contributed by atoms with Crippen LogP contribution in [-0.2, 0) is 0 Å². The summed E-state index contributed by atoms with van der Waals surface area (Å²) in [6, 6.07) is 12.4. The van der Waals surface area contributed by atoms with Crippen molar-refractivity contribution in [3.8, 4) is 11.3 Å². The van der Waals surface area contributed by atoms with E-state index < -0.39 is 0 Å². The Labute approximate surface area is 123 Å². The highest BCUT2D eigenvalue weighted by atomic mass is 32.2. The Morgan fingerprint density at radius 3 is 2.75 bits per heavy atom. The third-order valence-corrected chi connectivity index (χ3v) is 4.40. The van der Waals surface area contributed by atoms with E-state index >= 15 is 0 Å². The first-order valence-electron chi connectivity index (χ1n) is 6.76. The molecule has 0 spiro atoms. The van der Waals surface area contributed by atoms with Crippen molar-refractivity contribution in [2.24, 2.45) is 5.92 Å². The molecule has 0 aliphatic heterocycles. The Bertz CT molecular complexity index is 704. The van der Waals surface area contributed by atoms with E-state index in [1.165, 1.54) is 0 Å². The highest BCUT2D eigenvalue weighted by Crippen LogP contribution is 2.26. The molecule has 0 aliphatic carbocycles. The van der Waals surface area contributed by atoms with Crippen molar-refractivity contribution < 1.29 is 0 Å². The van der Waals surface area contributed by atoms with Gasteiger partial charge in [0.05, 0.1) is 11.2 Å². The van der Waals surface area contributed by atoms with Crippen LogP contribution in [-0.4, -0.2) is 20.4 Å². The fourth-order valence-corrected chi connectivity index (χ4v) is 2.93. The Hall–Kier alpha value is -1.81. The minimum atomic E-state index is 0.651. The van der Waals surface area contributed by atoms with E-state index in [1.54, 1.807) is 11.8 Å². The zero-order valence-corrected chi connectivity index (χ0v) is 12.5. The Morgan fingerprint density at radius 1 is 1.20 bits per heavy atom. The molecule has 4 heteroatoms. The summed E-state index contributed by atoms with van der Waals surface area (Å²) in [6.07, 6.45) is 3.72.